The van der Waals surface area contributed by atoms with Crippen molar-refractivity contribution in [2.45, 2.75) is 12.8 Å². The summed E-state index contributed by atoms with van der Waals surface area (Å²) in [5, 5.41) is 2.34. The van der Waals surface area contributed by atoms with Crippen molar-refractivity contribution in [3.8, 4) is 11.1 Å². The van der Waals surface area contributed by atoms with E-state index in [4.69, 9.17) is 4.99 Å². The topological polar surface area (TPSA) is 25.2 Å². The fourth-order valence-corrected chi connectivity index (χ4v) is 5.29. The Labute approximate surface area is 230 Å². The number of allylic oxidation sites excluding steroid dienone is 5. The van der Waals surface area contributed by atoms with Gasteiger partial charge in [0.05, 0.1) is 5.71 Å². The number of fused-ring (bicyclic) bond motifs is 1. The highest BCUT2D eigenvalue weighted by atomic mass is 14.7. The lowest BCUT2D eigenvalue weighted by molar-refractivity contribution is 1.05. The van der Waals surface area contributed by atoms with E-state index in [0.717, 1.165) is 57.3 Å². The van der Waals surface area contributed by atoms with Crippen molar-refractivity contribution in [1.82, 2.24) is 4.98 Å². The lowest BCUT2D eigenvalue weighted by atomic mass is 9.91. The summed E-state index contributed by atoms with van der Waals surface area (Å²) in [4.78, 5) is 9.28. The zero-order valence-corrected chi connectivity index (χ0v) is 22.1. The summed E-state index contributed by atoms with van der Waals surface area (Å²) in [6.07, 6.45) is 14.9. The molecule has 0 unspecified atom stereocenters. The van der Waals surface area contributed by atoms with Crippen molar-refractivity contribution in [2.75, 3.05) is 7.05 Å². The first-order valence-electron chi connectivity index (χ1n) is 13.4. The van der Waals surface area contributed by atoms with E-state index in [-0.39, 0.29) is 0 Å². The average molecular weight is 503 g/mol. The molecule has 0 saturated carbocycles. The van der Waals surface area contributed by atoms with E-state index >= 15 is 0 Å². The predicted molar refractivity (Wildman–Crippen MR) is 166 cm³/mol. The molecule has 2 nitrogen and oxygen atoms in total. The standard InChI is InChI=1S/C37H30N2/c1-38-37(32-20-10-17-29(22-32)27-12-4-2-5-13-27)24-35(28-14-6-3-7-15-28)30-18-11-19-31(23-30)36-26-39-25-33-16-8-9-21-34(33)36/h2-4,6-12,14-26H,5,13H2,1H3/b35-24+,38-37+. The fraction of sp³-hybridized carbons (Fsp3) is 0.0811. The smallest absolute Gasteiger partial charge is 0.0649 e. The Hall–Kier alpha value is -4.82. The second kappa shape index (κ2) is 11.3. The van der Waals surface area contributed by atoms with Gasteiger partial charge >= 0.3 is 0 Å². The molecule has 0 spiro atoms. The Balaban J connectivity index is 1.46. The van der Waals surface area contributed by atoms with Gasteiger partial charge in [-0.1, -0.05) is 109 Å². The zero-order valence-electron chi connectivity index (χ0n) is 22.1. The minimum atomic E-state index is 0.958. The highest BCUT2D eigenvalue weighted by molar-refractivity contribution is 6.14. The van der Waals surface area contributed by atoms with E-state index in [1.807, 2.05) is 19.4 Å². The number of aromatic nitrogens is 1. The van der Waals surface area contributed by atoms with Gasteiger partial charge in [0.25, 0.3) is 0 Å². The summed E-state index contributed by atoms with van der Waals surface area (Å²) in [5.41, 5.74) is 10.4. The molecule has 5 aromatic rings. The van der Waals surface area contributed by atoms with Crippen molar-refractivity contribution in [3.63, 3.8) is 0 Å². The summed E-state index contributed by atoms with van der Waals surface area (Å²) in [7, 11) is 1.88. The van der Waals surface area contributed by atoms with Crippen LogP contribution in [0.2, 0.25) is 0 Å². The van der Waals surface area contributed by atoms with Gasteiger partial charge in [-0.25, -0.2) is 0 Å². The number of benzene rings is 4. The Morgan fingerprint density at radius 1 is 0.744 bits per heavy atom. The molecule has 0 fully saturated rings. The Kier molecular flexibility index (Phi) is 7.09. The molecule has 2 heteroatoms. The van der Waals surface area contributed by atoms with Crippen LogP contribution in [-0.2, 0) is 0 Å². The molecule has 4 aromatic carbocycles. The Morgan fingerprint density at radius 2 is 1.49 bits per heavy atom. The van der Waals surface area contributed by atoms with Gasteiger partial charge in [-0.2, -0.15) is 0 Å². The third-order valence-corrected chi connectivity index (χ3v) is 7.30. The molecule has 188 valence electrons. The normalized spacial score (nSPS) is 13.9. The molecular weight excluding hydrogens is 472 g/mol. The van der Waals surface area contributed by atoms with Gasteiger partial charge in [0.15, 0.2) is 0 Å². The Bertz CT molecular complexity index is 1750. The van der Waals surface area contributed by atoms with Crippen LogP contribution < -0.4 is 0 Å². The second-order valence-corrected chi connectivity index (χ2v) is 9.76. The van der Waals surface area contributed by atoms with Gasteiger partial charge in [-0.15, -0.1) is 0 Å². The zero-order chi connectivity index (χ0) is 26.4. The molecule has 6 rings (SSSR count). The number of rotatable bonds is 6. The van der Waals surface area contributed by atoms with Crippen molar-refractivity contribution in [2.24, 2.45) is 4.99 Å². The molecule has 0 amide bonds. The lowest BCUT2D eigenvalue weighted by Crippen LogP contribution is -2.01. The van der Waals surface area contributed by atoms with Gasteiger partial charge in [0.1, 0.15) is 0 Å². The maximum atomic E-state index is 4.75. The first-order valence-corrected chi connectivity index (χ1v) is 13.4. The molecule has 0 bridgehead atoms. The first kappa shape index (κ1) is 24.5. The average Bonchev–Trinajstić information content (AvgIpc) is 3.02. The maximum Gasteiger partial charge on any atom is 0.0649 e. The maximum absolute atomic E-state index is 4.75. The molecule has 0 atom stereocenters. The fourth-order valence-electron chi connectivity index (χ4n) is 5.29. The van der Waals surface area contributed by atoms with Crippen LogP contribution in [0, 0.1) is 0 Å². The third kappa shape index (κ3) is 5.28. The van der Waals surface area contributed by atoms with Crippen LogP contribution in [0.25, 0.3) is 33.0 Å². The molecule has 0 N–H and O–H groups in total. The van der Waals surface area contributed by atoms with Crippen LogP contribution in [0.15, 0.2) is 145 Å². The van der Waals surface area contributed by atoms with Gasteiger partial charge in [0, 0.05) is 36.0 Å². The SMILES string of the molecule is C/N=C(\C=C(/c1ccccc1)c1cccc(-c2cncc3ccccc23)c1)c1cccc(C2=CC=CCC2)c1. The molecule has 39 heavy (non-hydrogen) atoms. The van der Waals surface area contributed by atoms with Crippen LogP contribution in [-0.4, -0.2) is 17.7 Å². The van der Waals surface area contributed by atoms with E-state index < -0.39 is 0 Å². The largest absolute Gasteiger partial charge is 0.288 e. The van der Waals surface area contributed by atoms with E-state index in [2.05, 4.69) is 132 Å². The van der Waals surface area contributed by atoms with Gasteiger partial charge in [-0.05, 0) is 69.8 Å². The van der Waals surface area contributed by atoms with Crippen molar-refractivity contribution in [3.05, 3.63) is 162 Å². The van der Waals surface area contributed by atoms with E-state index in [1.54, 1.807) is 0 Å². The molecular formula is C37H30N2. The number of nitrogens with zero attached hydrogens (tertiary/aromatic N) is 2. The second-order valence-electron chi connectivity index (χ2n) is 9.76. The monoisotopic (exact) mass is 502 g/mol. The van der Waals surface area contributed by atoms with Gasteiger partial charge < -0.3 is 0 Å². The van der Waals surface area contributed by atoms with Crippen molar-refractivity contribution >= 4 is 27.6 Å². The molecule has 1 aliphatic rings. The van der Waals surface area contributed by atoms with E-state index in [9.17, 15) is 0 Å². The molecule has 1 heterocycles. The highest BCUT2D eigenvalue weighted by Gasteiger charge is 2.12. The number of hydrogen-bond acceptors (Lipinski definition) is 2. The molecule has 0 aliphatic heterocycles. The summed E-state index contributed by atoms with van der Waals surface area (Å²) in [6, 6.07) is 36.5. The summed E-state index contributed by atoms with van der Waals surface area (Å²) < 4.78 is 0. The highest BCUT2D eigenvalue weighted by Crippen LogP contribution is 2.32. The summed E-state index contributed by atoms with van der Waals surface area (Å²) >= 11 is 0. The van der Waals surface area contributed by atoms with Gasteiger partial charge in [0.2, 0.25) is 0 Å². The van der Waals surface area contributed by atoms with Crippen LogP contribution in [0.4, 0.5) is 0 Å². The van der Waals surface area contributed by atoms with E-state index in [1.165, 1.54) is 16.5 Å². The molecule has 0 saturated heterocycles. The van der Waals surface area contributed by atoms with Crippen LogP contribution in [0.3, 0.4) is 0 Å². The molecule has 1 aliphatic carbocycles. The summed E-state index contributed by atoms with van der Waals surface area (Å²) in [6.45, 7) is 0. The number of aliphatic imine (C=N–C) groups is 1. The Morgan fingerprint density at radius 3 is 2.31 bits per heavy atom. The number of hydrogen-bond donors (Lipinski definition) is 0. The quantitative estimate of drug-likeness (QED) is 0.212. The predicted octanol–water partition coefficient (Wildman–Crippen LogP) is 9.19. The number of pyridine rings is 1. The van der Waals surface area contributed by atoms with E-state index in [0.29, 0.717) is 0 Å². The molecule has 1 aromatic heterocycles. The summed E-state index contributed by atoms with van der Waals surface area (Å²) in [5.74, 6) is 0. The van der Waals surface area contributed by atoms with Crippen LogP contribution >= 0.6 is 0 Å². The van der Waals surface area contributed by atoms with Crippen molar-refractivity contribution < 1.29 is 0 Å². The first-order chi connectivity index (χ1) is 19.3. The van der Waals surface area contributed by atoms with Crippen LogP contribution in [0.1, 0.15) is 35.1 Å². The van der Waals surface area contributed by atoms with Crippen LogP contribution in [0.5, 0.6) is 0 Å². The van der Waals surface area contributed by atoms with Gasteiger partial charge in [-0.3, -0.25) is 9.98 Å². The third-order valence-electron chi connectivity index (χ3n) is 7.30. The minimum Gasteiger partial charge on any atom is -0.288 e. The molecule has 0 radical (unpaired) electrons. The van der Waals surface area contributed by atoms with Crippen molar-refractivity contribution in [1.29, 1.82) is 0 Å². The minimum absolute atomic E-state index is 0.958. The lowest BCUT2D eigenvalue weighted by Gasteiger charge is -2.14.